The van der Waals surface area contributed by atoms with Crippen LogP contribution < -0.4 is 5.32 Å². The summed E-state index contributed by atoms with van der Waals surface area (Å²) < 4.78 is 0. The van der Waals surface area contributed by atoms with E-state index < -0.39 is 0 Å². The van der Waals surface area contributed by atoms with Gasteiger partial charge in [0.25, 0.3) is 0 Å². The number of likely N-dealkylation sites (N-methyl/N-ethyl adjacent to an activating group) is 1. The minimum atomic E-state index is 0.593. The Kier molecular flexibility index (Phi) is 8.94. The van der Waals surface area contributed by atoms with Gasteiger partial charge in [-0.25, -0.2) is 0 Å². The van der Waals surface area contributed by atoms with Crippen molar-refractivity contribution in [3.8, 4) is 6.07 Å². The average molecular weight is 285 g/mol. The number of allylic oxidation sites excluding steroid dienone is 1. The molecule has 0 unspecified atom stereocenters. The zero-order chi connectivity index (χ0) is 16.3. The fraction of sp³-hybridized carbons (Fsp3) is 0.312. The van der Waals surface area contributed by atoms with Crippen molar-refractivity contribution < 1.29 is 0 Å². The monoisotopic (exact) mass is 285 g/mol. The van der Waals surface area contributed by atoms with Crippen LogP contribution in [0.5, 0.6) is 0 Å². The molecule has 112 valence electrons. The van der Waals surface area contributed by atoms with Crippen LogP contribution in [0.25, 0.3) is 0 Å². The van der Waals surface area contributed by atoms with Crippen molar-refractivity contribution in [2.75, 3.05) is 25.5 Å². The second-order valence-electron chi connectivity index (χ2n) is 4.66. The summed E-state index contributed by atoms with van der Waals surface area (Å²) in [5, 5.41) is 17.5. The topological polar surface area (TPSA) is 63.8 Å². The SMILES string of the molecule is C=C(C)C.C=Nc1ccc(C#N)cc1NCCN(C)N=C. The van der Waals surface area contributed by atoms with Crippen molar-refractivity contribution in [3.63, 3.8) is 0 Å². The van der Waals surface area contributed by atoms with Gasteiger partial charge >= 0.3 is 0 Å². The van der Waals surface area contributed by atoms with Crippen molar-refractivity contribution in [1.82, 2.24) is 5.01 Å². The van der Waals surface area contributed by atoms with Crippen molar-refractivity contribution in [3.05, 3.63) is 35.9 Å². The van der Waals surface area contributed by atoms with Crippen LogP contribution >= 0.6 is 0 Å². The molecule has 5 heteroatoms. The van der Waals surface area contributed by atoms with Gasteiger partial charge in [0, 0.05) is 20.3 Å². The molecule has 0 aliphatic carbocycles. The number of benzene rings is 1. The maximum atomic E-state index is 8.82. The molecule has 5 nitrogen and oxygen atoms in total. The second kappa shape index (κ2) is 10.2. The zero-order valence-electron chi connectivity index (χ0n) is 13.1. The summed E-state index contributed by atoms with van der Waals surface area (Å²) >= 11 is 0. The van der Waals surface area contributed by atoms with Crippen molar-refractivity contribution in [2.24, 2.45) is 10.1 Å². The third kappa shape index (κ3) is 8.22. The first-order valence-electron chi connectivity index (χ1n) is 6.49. The highest BCUT2D eigenvalue weighted by molar-refractivity contribution is 5.69. The van der Waals surface area contributed by atoms with Gasteiger partial charge in [-0.2, -0.15) is 10.4 Å². The van der Waals surface area contributed by atoms with Crippen LogP contribution in [-0.4, -0.2) is 38.6 Å². The van der Waals surface area contributed by atoms with Crippen molar-refractivity contribution >= 4 is 24.8 Å². The number of nitrogens with zero attached hydrogens (tertiary/aromatic N) is 4. The number of anilines is 1. The largest absolute Gasteiger partial charge is 0.381 e. The fourth-order valence-corrected chi connectivity index (χ4v) is 1.31. The van der Waals surface area contributed by atoms with E-state index in [0.29, 0.717) is 12.1 Å². The van der Waals surface area contributed by atoms with Gasteiger partial charge in [0.15, 0.2) is 0 Å². The van der Waals surface area contributed by atoms with E-state index in [4.69, 9.17) is 5.26 Å². The first kappa shape index (κ1) is 18.4. The molecule has 0 aromatic heterocycles. The normalized spacial score (nSPS) is 8.67. The van der Waals surface area contributed by atoms with Gasteiger partial charge in [-0.15, -0.1) is 6.58 Å². The Morgan fingerprint density at radius 1 is 1.38 bits per heavy atom. The summed E-state index contributed by atoms with van der Waals surface area (Å²) in [7, 11) is 1.84. The van der Waals surface area contributed by atoms with Crippen LogP contribution in [0.1, 0.15) is 19.4 Å². The predicted octanol–water partition coefficient (Wildman–Crippen LogP) is 3.43. The molecule has 21 heavy (non-hydrogen) atoms. The first-order chi connectivity index (χ1) is 9.94. The van der Waals surface area contributed by atoms with Gasteiger partial charge in [-0.1, -0.05) is 5.57 Å². The zero-order valence-corrected chi connectivity index (χ0v) is 13.1. The third-order valence-electron chi connectivity index (χ3n) is 2.29. The lowest BCUT2D eigenvalue weighted by molar-refractivity contribution is 0.372. The van der Waals surface area contributed by atoms with E-state index in [1.54, 1.807) is 23.2 Å². The molecule has 0 aliphatic rings. The summed E-state index contributed by atoms with van der Waals surface area (Å²) in [4.78, 5) is 3.89. The van der Waals surface area contributed by atoms with Crippen molar-refractivity contribution in [1.29, 1.82) is 5.26 Å². The summed E-state index contributed by atoms with van der Waals surface area (Å²) in [6.45, 7) is 15.8. The van der Waals surface area contributed by atoms with Crippen LogP contribution in [0.3, 0.4) is 0 Å². The van der Waals surface area contributed by atoms with Crippen LogP contribution in [0, 0.1) is 11.3 Å². The Morgan fingerprint density at radius 3 is 2.48 bits per heavy atom. The molecule has 0 heterocycles. The highest BCUT2D eigenvalue weighted by Crippen LogP contribution is 2.25. The molecule has 0 spiro atoms. The average Bonchev–Trinajstić information content (AvgIpc) is 2.46. The van der Waals surface area contributed by atoms with Gasteiger partial charge in [0.05, 0.1) is 29.6 Å². The molecule has 1 aromatic rings. The summed E-state index contributed by atoms with van der Waals surface area (Å²) in [6, 6.07) is 7.33. The lowest BCUT2D eigenvalue weighted by atomic mass is 10.2. The van der Waals surface area contributed by atoms with E-state index in [0.717, 1.165) is 17.9 Å². The minimum absolute atomic E-state index is 0.593. The number of hydrazone groups is 1. The van der Waals surface area contributed by atoms with E-state index in [-0.39, 0.29) is 0 Å². The number of hydrogen-bond donors (Lipinski definition) is 1. The molecule has 0 saturated heterocycles. The maximum absolute atomic E-state index is 8.82. The smallest absolute Gasteiger partial charge is 0.0992 e. The van der Waals surface area contributed by atoms with E-state index >= 15 is 0 Å². The first-order valence-corrected chi connectivity index (χ1v) is 6.49. The summed E-state index contributed by atoms with van der Waals surface area (Å²) in [5.74, 6) is 0. The lowest BCUT2D eigenvalue weighted by Gasteiger charge is -2.14. The molecule has 1 aromatic carbocycles. The van der Waals surface area contributed by atoms with E-state index in [1.165, 1.54) is 5.57 Å². The number of hydrogen-bond acceptors (Lipinski definition) is 5. The number of rotatable bonds is 6. The lowest BCUT2D eigenvalue weighted by Crippen LogP contribution is -2.19. The predicted molar refractivity (Wildman–Crippen MR) is 91.5 cm³/mol. The summed E-state index contributed by atoms with van der Waals surface area (Å²) in [5.41, 5.74) is 3.30. The van der Waals surface area contributed by atoms with Gasteiger partial charge in [0.1, 0.15) is 0 Å². The molecule has 0 radical (unpaired) electrons. The number of nitriles is 1. The van der Waals surface area contributed by atoms with Crippen LogP contribution in [0.2, 0.25) is 0 Å². The second-order valence-corrected chi connectivity index (χ2v) is 4.66. The third-order valence-corrected chi connectivity index (χ3v) is 2.29. The molecule has 0 amide bonds. The summed E-state index contributed by atoms with van der Waals surface area (Å²) in [6.07, 6.45) is 0. The molecule has 0 bridgehead atoms. The van der Waals surface area contributed by atoms with E-state index in [1.807, 2.05) is 20.9 Å². The highest BCUT2D eigenvalue weighted by atomic mass is 15.4. The Labute approximate surface area is 127 Å². The number of aliphatic imine (C=N–C) groups is 1. The fourth-order valence-electron chi connectivity index (χ4n) is 1.31. The van der Waals surface area contributed by atoms with Crippen LogP contribution in [0.15, 0.2) is 40.4 Å². The van der Waals surface area contributed by atoms with E-state index in [9.17, 15) is 0 Å². The minimum Gasteiger partial charge on any atom is -0.381 e. The molecule has 0 fully saturated rings. The van der Waals surface area contributed by atoms with Crippen LogP contribution in [0.4, 0.5) is 11.4 Å². The standard InChI is InChI=1S/C12H15N5.C4H8/c1-14-11-5-4-10(9-13)8-12(11)16-6-7-17(3)15-2;1-4(2)3/h4-5,8,16H,1-2,6-7H2,3H3;1H2,2-3H3. The molecule has 1 rings (SSSR count). The van der Waals surface area contributed by atoms with Crippen LogP contribution in [-0.2, 0) is 0 Å². The van der Waals surface area contributed by atoms with Crippen molar-refractivity contribution in [2.45, 2.75) is 13.8 Å². The molecule has 0 saturated carbocycles. The molecule has 0 aliphatic heterocycles. The molecular formula is C16H23N5. The molecule has 0 atom stereocenters. The number of nitrogens with one attached hydrogen (secondary N) is 1. The van der Waals surface area contributed by atoms with Gasteiger partial charge in [-0.05, 0) is 38.8 Å². The quantitative estimate of drug-likeness (QED) is 0.495. The van der Waals surface area contributed by atoms with Gasteiger partial charge in [-0.3, -0.25) is 10.0 Å². The van der Waals surface area contributed by atoms with Gasteiger partial charge in [0.2, 0.25) is 0 Å². The maximum Gasteiger partial charge on any atom is 0.0992 e. The Hall–Kier alpha value is -2.61. The highest BCUT2D eigenvalue weighted by Gasteiger charge is 2.02. The van der Waals surface area contributed by atoms with Gasteiger partial charge < -0.3 is 5.32 Å². The Balaban J connectivity index is 0.000000885. The Morgan fingerprint density at radius 2 is 2.00 bits per heavy atom. The molecule has 1 N–H and O–H groups in total. The molecular weight excluding hydrogens is 262 g/mol. The van der Waals surface area contributed by atoms with E-state index in [2.05, 4.69) is 41.5 Å². The Bertz CT molecular complexity index is 524.